The van der Waals surface area contributed by atoms with Gasteiger partial charge in [0.2, 0.25) is 5.91 Å². The van der Waals surface area contributed by atoms with Crippen molar-refractivity contribution in [1.29, 1.82) is 0 Å². The molecular formula is C20H25ClN2OS. The van der Waals surface area contributed by atoms with Gasteiger partial charge in [0.25, 0.3) is 0 Å². The summed E-state index contributed by atoms with van der Waals surface area (Å²) >= 11 is 7.65. The Morgan fingerprint density at radius 3 is 2.76 bits per heavy atom. The second-order valence-electron chi connectivity index (χ2n) is 6.90. The molecule has 1 aliphatic heterocycles. The number of thiophene rings is 1. The van der Waals surface area contributed by atoms with Crippen molar-refractivity contribution in [3.63, 3.8) is 0 Å². The molecule has 1 aliphatic rings. The Morgan fingerprint density at radius 2 is 2.12 bits per heavy atom. The summed E-state index contributed by atoms with van der Waals surface area (Å²) in [6.07, 6.45) is 2.99. The highest BCUT2D eigenvalue weighted by Crippen LogP contribution is 2.27. The lowest BCUT2D eigenvalue weighted by Crippen LogP contribution is -2.36. The highest BCUT2D eigenvalue weighted by molar-refractivity contribution is 7.08. The molecule has 2 heterocycles. The smallest absolute Gasteiger partial charge is 0.221 e. The molecule has 5 heteroatoms. The third-order valence-electron chi connectivity index (χ3n) is 5.03. The van der Waals surface area contributed by atoms with E-state index in [9.17, 15) is 4.79 Å². The summed E-state index contributed by atoms with van der Waals surface area (Å²) in [7, 11) is 0. The van der Waals surface area contributed by atoms with Crippen LogP contribution >= 0.6 is 22.9 Å². The molecule has 0 bridgehead atoms. The Morgan fingerprint density at radius 1 is 1.32 bits per heavy atom. The van der Waals surface area contributed by atoms with Crippen molar-refractivity contribution in [1.82, 2.24) is 10.6 Å². The summed E-state index contributed by atoms with van der Waals surface area (Å²) in [5.74, 6) is 1.10. The summed E-state index contributed by atoms with van der Waals surface area (Å²) in [5, 5.41) is 11.5. The maximum absolute atomic E-state index is 12.7. The van der Waals surface area contributed by atoms with Crippen molar-refractivity contribution in [2.45, 2.75) is 32.2 Å². The fourth-order valence-corrected chi connectivity index (χ4v) is 4.31. The molecule has 1 aromatic heterocycles. The molecule has 3 unspecified atom stereocenters. The summed E-state index contributed by atoms with van der Waals surface area (Å²) in [6, 6.07) is 9.67. The third kappa shape index (κ3) is 5.06. The molecule has 134 valence electrons. The molecular weight excluding hydrogens is 352 g/mol. The van der Waals surface area contributed by atoms with Crippen LogP contribution in [0.1, 0.15) is 43.4 Å². The lowest BCUT2D eigenvalue weighted by Gasteiger charge is -2.28. The van der Waals surface area contributed by atoms with E-state index in [0.29, 0.717) is 23.3 Å². The number of rotatable bonds is 6. The minimum atomic E-state index is -0.118. The first-order chi connectivity index (χ1) is 12.1. The van der Waals surface area contributed by atoms with Crippen molar-refractivity contribution >= 4 is 28.8 Å². The van der Waals surface area contributed by atoms with Crippen molar-refractivity contribution in [3.8, 4) is 0 Å². The number of carbonyl (C=O) groups excluding carboxylic acids is 1. The van der Waals surface area contributed by atoms with Crippen LogP contribution in [0.4, 0.5) is 0 Å². The van der Waals surface area contributed by atoms with Crippen LogP contribution in [-0.4, -0.2) is 19.0 Å². The van der Waals surface area contributed by atoms with Crippen LogP contribution in [0, 0.1) is 11.8 Å². The van der Waals surface area contributed by atoms with Gasteiger partial charge in [-0.15, -0.1) is 0 Å². The molecule has 1 amide bonds. The molecule has 1 fully saturated rings. The minimum absolute atomic E-state index is 0.115. The van der Waals surface area contributed by atoms with Crippen LogP contribution in [-0.2, 0) is 4.79 Å². The SMILES string of the molecule is CC(CC(=O)NC(c1ccc(Cl)cc1)c1ccsc1)C1CCCNC1. The van der Waals surface area contributed by atoms with Gasteiger partial charge in [-0.2, -0.15) is 11.3 Å². The van der Waals surface area contributed by atoms with Gasteiger partial charge in [-0.3, -0.25) is 4.79 Å². The number of amides is 1. The van der Waals surface area contributed by atoms with Crippen LogP contribution < -0.4 is 10.6 Å². The van der Waals surface area contributed by atoms with Crippen LogP contribution in [0.5, 0.6) is 0 Å². The van der Waals surface area contributed by atoms with Gasteiger partial charge < -0.3 is 10.6 Å². The summed E-state index contributed by atoms with van der Waals surface area (Å²) in [5.41, 5.74) is 2.18. The average Bonchev–Trinajstić information content (AvgIpc) is 3.15. The molecule has 3 rings (SSSR count). The van der Waals surface area contributed by atoms with Crippen LogP contribution in [0.25, 0.3) is 0 Å². The Bertz CT molecular complexity index is 666. The van der Waals surface area contributed by atoms with Gasteiger partial charge in [0, 0.05) is 11.4 Å². The van der Waals surface area contributed by atoms with E-state index >= 15 is 0 Å². The standard InChI is InChI=1S/C20H25ClN2OS/c1-14(16-3-2-9-22-12-16)11-19(24)23-20(17-8-10-25-13-17)15-4-6-18(21)7-5-15/h4-8,10,13-14,16,20,22H,2-3,9,11-12H2,1H3,(H,23,24). The first kappa shape index (κ1) is 18.4. The number of nitrogens with one attached hydrogen (secondary N) is 2. The number of carbonyl (C=O) groups is 1. The van der Waals surface area contributed by atoms with E-state index in [0.717, 1.165) is 24.2 Å². The minimum Gasteiger partial charge on any atom is -0.345 e. The van der Waals surface area contributed by atoms with Crippen molar-refractivity contribution in [2.75, 3.05) is 13.1 Å². The summed E-state index contributed by atoms with van der Waals surface area (Å²) in [6.45, 7) is 4.32. The highest BCUT2D eigenvalue weighted by Gasteiger charge is 2.24. The molecule has 3 nitrogen and oxygen atoms in total. The average molecular weight is 377 g/mol. The van der Waals surface area contributed by atoms with Crippen LogP contribution in [0.3, 0.4) is 0 Å². The van der Waals surface area contributed by atoms with Crippen LogP contribution in [0.15, 0.2) is 41.1 Å². The van der Waals surface area contributed by atoms with E-state index in [-0.39, 0.29) is 11.9 Å². The highest BCUT2D eigenvalue weighted by atomic mass is 35.5. The maximum Gasteiger partial charge on any atom is 0.221 e. The molecule has 0 radical (unpaired) electrons. The van der Waals surface area contributed by atoms with E-state index in [1.54, 1.807) is 11.3 Å². The Labute approximate surface area is 158 Å². The lowest BCUT2D eigenvalue weighted by molar-refractivity contribution is -0.122. The number of hydrogen-bond donors (Lipinski definition) is 2. The van der Waals surface area contributed by atoms with E-state index < -0.39 is 0 Å². The molecule has 2 aromatic rings. The largest absolute Gasteiger partial charge is 0.345 e. The third-order valence-corrected chi connectivity index (χ3v) is 5.99. The first-order valence-electron chi connectivity index (χ1n) is 8.91. The molecule has 0 spiro atoms. The van der Waals surface area contributed by atoms with Gasteiger partial charge in [0.05, 0.1) is 6.04 Å². The van der Waals surface area contributed by atoms with Crippen molar-refractivity contribution < 1.29 is 4.79 Å². The van der Waals surface area contributed by atoms with Gasteiger partial charge >= 0.3 is 0 Å². The van der Waals surface area contributed by atoms with Gasteiger partial charge in [-0.25, -0.2) is 0 Å². The van der Waals surface area contributed by atoms with Crippen LogP contribution in [0.2, 0.25) is 5.02 Å². The van der Waals surface area contributed by atoms with Crippen molar-refractivity contribution in [3.05, 3.63) is 57.2 Å². The van der Waals surface area contributed by atoms with E-state index in [2.05, 4.69) is 29.0 Å². The lowest BCUT2D eigenvalue weighted by atomic mass is 9.85. The molecule has 1 saturated heterocycles. The molecule has 2 N–H and O–H groups in total. The maximum atomic E-state index is 12.7. The Kier molecular flexibility index (Phi) is 6.51. The zero-order valence-corrected chi connectivity index (χ0v) is 16.1. The number of halogens is 1. The van der Waals surface area contributed by atoms with Gasteiger partial charge in [0.1, 0.15) is 0 Å². The monoisotopic (exact) mass is 376 g/mol. The second-order valence-corrected chi connectivity index (χ2v) is 8.11. The molecule has 0 aliphatic carbocycles. The fourth-order valence-electron chi connectivity index (χ4n) is 3.50. The molecule has 3 atom stereocenters. The number of piperidine rings is 1. The van der Waals surface area contributed by atoms with Gasteiger partial charge in [-0.05, 0) is 77.9 Å². The zero-order valence-electron chi connectivity index (χ0n) is 14.5. The number of benzene rings is 1. The van der Waals surface area contributed by atoms with E-state index in [4.69, 9.17) is 11.6 Å². The Balaban J connectivity index is 1.67. The van der Waals surface area contributed by atoms with Gasteiger partial charge in [-0.1, -0.05) is 30.7 Å². The predicted octanol–water partition coefficient (Wildman–Crippen LogP) is 4.63. The quantitative estimate of drug-likeness (QED) is 0.771. The fraction of sp³-hybridized carbons (Fsp3) is 0.450. The summed E-state index contributed by atoms with van der Waals surface area (Å²) < 4.78 is 0. The Hall–Kier alpha value is -1.36. The summed E-state index contributed by atoms with van der Waals surface area (Å²) in [4.78, 5) is 12.7. The zero-order chi connectivity index (χ0) is 17.6. The van der Waals surface area contributed by atoms with Gasteiger partial charge in [0.15, 0.2) is 0 Å². The normalized spacial score (nSPS) is 20.0. The van der Waals surface area contributed by atoms with Crippen molar-refractivity contribution in [2.24, 2.45) is 11.8 Å². The van der Waals surface area contributed by atoms with E-state index in [1.165, 1.54) is 12.8 Å². The second kappa shape index (κ2) is 8.84. The number of hydrogen-bond acceptors (Lipinski definition) is 3. The van der Waals surface area contributed by atoms with E-state index in [1.807, 2.05) is 29.6 Å². The predicted molar refractivity (Wildman–Crippen MR) is 105 cm³/mol. The first-order valence-corrected chi connectivity index (χ1v) is 10.2. The molecule has 25 heavy (non-hydrogen) atoms. The molecule has 1 aromatic carbocycles. The molecule has 0 saturated carbocycles. The topological polar surface area (TPSA) is 41.1 Å².